The van der Waals surface area contributed by atoms with Gasteiger partial charge in [-0.3, -0.25) is 0 Å². The number of thiophene rings is 2. The van der Waals surface area contributed by atoms with Crippen LogP contribution >= 0.6 is 34.3 Å². The summed E-state index contributed by atoms with van der Waals surface area (Å²) in [6.45, 7) is 2.84. The second kappa shape index (κ2) is 6.91. The van der Waals surface area contributed by atoms with Gasteiger partial charge in [0.2, 0.25) is 5.28 Å². The molecule has 7 heteroatoms. The van der Waals surface area contributed by atoms with Gasteiger partial charge in [-0.05, 0) is 42.0 Å². The lowest BCUT2D eigenvalue weighted by Crippen LogP contribution is -2.20. The number of hydrogen-bond acceptors (Lipinski definition) is 6. The predicted molar refractivity (Wildman–Crippen MR) is 96.0 cm³/mol. The summed E-state index contributed by atoms with van der Waals surface area (Å²) in [5.41, 5.74) is 6.93. The Morgan fingerprint density at radius 1 is 1.36 bits per heavy atom. The lowest BCUT2D eigenvalue weighted by molar-refractivity contribution is 0.652. The van der Waals surface area contributed by atoms with Gasteiger partial charge in [-0.2, -0.15) is 4.98 Å². The molecule has 0 bridgehead atoms. The number of anilines is 1. The van der Waals surface area contributed by atoms with Gasteiger partial charge in [0.1, 0.15) is 5.82 Å². The van der Waals surface area contributed by atoms with E-state index in [-0.39, 0.29) is 11.3 Å². The maximum absolute atomic E-state index is 6.05. The second-order valence-electron chi connectivity index (χ2n) is 5.07. The van der Waals surface area contributed by atoms with Crippen molar-refractivity contribution in [2.75, 3.05) is 5.32 Å². The third kappa shape index (κ3) is 3.57. The number of nitrogens with two attached hydrogens (primary N) is 1. The standard InChI is InChI=1S/C15H17ClN4S2/c1-2-9(17)6-11-7-12-13(22-11)14(20-15(16)19-12)18-8-10-4-3-5-21-10/h3-5,7,9H,2,6,8,17H2,1H3,(H,18,19,20)/t9-/m0/s1. The zero-order valence-corrected chi connectivity index (χ0v) is 14.6. The molecule has 3 rings (SSSR count). The van der Waals surface area contributed by atoms with Crippen LogP contribution in [0.3, 0.4) is 0 Å². The Hall–Kier alpha value is -1.21. The first-order chi connectivity index (χ1) is 10.7. The van der Waals surface area contributed by atoms with Crippen LogP contribution in [0, 0.1) is 0 Å². The van der Waals surface area contributed by atoms with Crippen LogP contribution in [0.2, 0.25) is 5.28 Å². The van der Waals surface area contributed by atoms with Gasteiger partial charge >= 0.3 is 0 Å². The molecule has 0 saturated carbocycles. The average molecular weight is 353 g/mol. The van der Waals surface area contributed by atoms with Crippen LogP contribution < -0.4 is 11.1 Å². The summed E-state index contributed by atoms with van der Waals surface area (Å²) in [5.74, 6) is 0.796. The first-order valence-corrected chi connectivity index (χ1v) is 9.21. The number of halogens is 1. The van der Waals surface area contributed by atoms with Crippen LogP contribution in [-0.4, -0.2) is 16.0 Å². The molecule has 3 aromatic rings. The van der Waals surface area contributed by atoms with Crippen LogP contribution in [-0.2, 0) is 13.0 Å². The zero-order valence-electron chi connectivity index (χ0n) is 12.2. The topological polar surface area (TPSA) is 63.8 Å². The van der Waals surface area contributed by atoms with Gasteiger partial charge in [0.15, 0.2) is 0 Å². The van der Waals surface area contributed by atoms with Crippen LogP contribution in [0.1, 0.15) is 23.1 Å². The van der Waals surface area contributed by atoms with E-state index in [4.69, 9.17) is 17.3 Å². The fraction of sp³-hybridized carbons (Fsp3) is 0.333. The monoisotopic (exact) mass is 352 g/mol. The molecule has 0 saturated heterocycles. The van der Waals surface area contributed by atoms with E-state index in [1.54, 1.807) is 22.7 Å². The highest BCUT2D eigenvalue weighted by Crippen LogP contribution is 2.32. The summed E-state index contributed by atoms with van der Waals surface area (Å²) in [5, 5.41) is 5.70. The molecule has 3 heterocycles. The number of hydrogen-bond donors (Lipinski definition) is 2. The van der Waals surface area contributed by atoms with Crippen molar-refractivity contribution < 1.29 is 0 Å². The van der Waals surface area contributed by atoms with Gasteiger partial charge in [0.25, 0.3) is 0 Å². The van der Waals surface area contributed by atoms with Gasteiger partial charge in [0, 0.05) is 15.8 Å². The summed E-state index contributed by atoms with van der Waals surface area (Å²) in [6.07, 6.45) is 1.82. The van der Waals surface area contributed by atoms with E-state index in [9.17, 15) is 0 Å². The lowest BCUT2D eigenvalue weighted by atomic mass is 10.1. The molecule has 116 valence electrons. The molecule has 0 spiro atoms. The minimum atomic E-state index is 0.180. The van der Waals surface area contributed by atoms with Gasteiger partial charge < -0.3 is 11.1 Å². The summed E-state index contributed by atoms with van der Waals surface area (Å²) in [7, 11) is 0. The lowest BCUT2D eigenvalue weighted by Gasteiger charge is -2.05. The highest BCUT2D eigenvalue weighted by atomic mass is 35.5. The number of aromatic nitrogens is 2. The normalized spacial score (nSPS) is 12.7. The van der Waals surface area contributed by atoms with Gasteiger partial charge in [-0.1, -0.05) is 13.0 Å². The van der Waals surface area contributed by atoms with Crippen molar-refractivity contribution in [1.82, 2.24) is 9.97 Å². The van der Waals surface area contributed by atoms with E-state index in [1.807, 2.05) is 6.07 Å². The van der Waals surface area contributed by atoms with Crippen LogP contribution in [0.5, 0.6) is 0 Å². The predicted octanol–water partition coefficient (Wildman–Crippen LogP) is 4.30. The molecular formula is C15H17ClN4S2. The highest BCUT2D eigenvalue weighted by molar-refractivity contribution is 7.19. The van der Waals surface area contributed by atoms with Gasteiger partial charge in [-0.15, -0.1) is 22.7 Å². The van der Waals surface area contributed by atoms with E-state index in [1.165, 1.54) is 9.75 Å². The van der Waals surface area contributed by atoms with Crippen molar-refractivity contribution in [1.29, 1.82) is 0 Å². The molecule has 0 aliphatic heterocycles. The van der Waals surface area contributed by atoms with Crippen LogP contribution in [0.25, 0.3) is 10.2 Å². The van der Waals surface area contributed by atoms with Crippen molar-refractivity contribution in [3.05, 3.63) is 38.6 Å². The third-order valence-electron chi connectivity index (χ3n) is 3.39. The molecule has 0 amide bonds. The number of fused-ring (bicyclic) bond motifs is 1. The van der Waals surface area contributed by atoms with E-state index >= 15 is 0 Å². The van der Waals surface area contributed by atoms with Crippen molar-refractivity contribution in [2.45, 2.75) is 32.4 Å². The molecule has 22 heavy (non-hydrogen) atoms. The average Bonchev–Trinajstić information content (AvgIpc) is 3.13. The Kier molecular flexibility index (Phi) is 4.93. The van der Waals surface area contributed by atoms with Crippen LogP contribution in [0.4, 0.5) is 5.82 Å². The maximum Gasteiger partial charge on any atom is 0.224 e. The Morgan fingerprint density at radius 3 is 2.95 bits per heavy atom. The van der Waals surface area contributed by atoms with Crippen molar-refractivity contribution in [2.24, 2.45) is 5.73 Å². The third-order valence-corrected chi connectivity index (χ3v) is 5.59. The SMILES string of the molecule is CC[C@H](N)Cc1cc2nc(Cl)nc(NCc3cccs3)c2s1. The largest absolute Gasteiger partial charge is 0.364 e. The highest BCUT2D eigenvalue weighted by Gasteiger charge is 2.13. The molecule has 0 aromatic carbocycles. The summed E-state index contributed by atoms with van der Waals surface area (Å²) in [4.78, 5) is 11.1. The van der Waals surface area contributed by atoms with Crippen molar-refractivity contribution in [3.8, 4) is 0 Å². The first-order valence-electron chi connectivity index (χ1n) is 7.13. The van der Waals surface area contributed by atoms with Gasteiger partial charge in [0.05, 0.1) is 16.8 Å². The summed E-state index contributed by atoms with van der Waals surface area (Å²) < 4.78 is 1.04. The van der Waals surface area contributed by atoms with E-state index in [0.717, 1.165) is 35.4 Å². The Balaban J connectivity index is 1.87. The minimum absolute atomic E-state index is 0.180. The fourth-order valence-corrected chi connectivity index (χ4v) is 4.13. The summed E-state index contributed by atoms with van der Waals surface area (Å²) in [6, 6.07) is 6.38. The minimum Gasteiger partial charge on any atom is -0.364 e. The molecule has 0 unspecified atom stereocenters. The van der Waals surface area contributed by atoms with Gasteiger partial charge in [-0.25, -0.2) is 4.98 Å². The first kappa shape index (κ1) is 15.7. The molecule has 0 aliphatic carbocycles. The molecule has 0 fully saturated rings. The quantitative estimate of drug-likeness (QED) is 0.649. The van der Waals surface area contributed by atoms with Crippen molar-refractivity contribution in [3.63, 3.8) is 0 Å². The van der Waals surface area contributed by atoms with E-state index in [2.05, 4.69) is 39.7 Å². The summed E-state index contributed by atoms with van der Waals surface area (Å²) >= 11 is 9.45. The Morgan fingerprint density at radius 2 is 2.23 bits per heavy atom. The second-order valence-corrected chi connectivity index (χ2v) is 7.58. The molecular weight excluding hydrogens is 336 g/mol. The molecule has 3 aromatic heterocycles. The molecule has 3 N–H and O–H groups in total. The maximum atomic E-state index is 6.05. The molecule has 0 radical (unpaired) electrons. The van der Waals surface area contributed by atoms with E-state index < -0.39 is 0 Å². The Labute approximate surface area is 142 Å². The smallest absolute Gasteiger partial charge is 0.224 e. The molecule has 4 nitrogen and oxygen atoms in total. The fourth-order valence-electron chi connectivity index (χ4n) is 2.16. The van der Waals surface area contributed by atoms with Crippen LogP contribution in [0.15, 0.2) is 23.6 Å². The number of rotatable bonds is 6. The molecule has 0 aliphatic rings. The number of nitrogens with zero attached hydrogens (tertiary/aromatic N) is 2. The van der Waals surface area contributed by atoms with Crippen molar-refractivity contribution >= 4 is 50.3 Å². The van der Waals surface area contributed by atoms with E-state index in [0.29, 0.717) is 0 Å². The zero-order chi connectivity index (χ0) is 15.5. The molecule has 1 atom stereocenters. The number of nitrogens with one attached hydrogen (secondary N) is 1. The Bertz CT molecular complexity index is 754.